The standard InChI is InChI=1S/C22H27N3O6/c1-4-25(14-22(27)24-16-9-17(28-2)12-18(10-16)29-3)13-21(26)23-15-5-6-19-20(11-15)31-8-7-30-19/h5-6,9-12H,4,7-8,13-14H2,1-3H3,(H,23,26)(H,24,27). The second-order valence-electron chi connectivity index (χ2n) is 6.86. The van der Waals surface area contributed by atoms with Gasteiger partial charge in [-0.15, -0.1) is 0 Å². The molecule has 0 saturated heterocycles. The van der Waals surface area contributed by atoms with Crippen LogP contribution in [0.2, 0.25) is 0 Å². The van der Waals surface area contributed by atoms with Crippen molar-refractivity contribution in [3.63, 3.8) is 0 Å². The number of anilines is 2. The van der Waals surface area contributed by atoms with Gasteiger partial charge >= 0.3 is 0 Å². The summed E-state index contributed by atoms with van der Waals surface area (Å²) in [6, 6.07) is 10.4. The first-order valence-electron chi connectivity index (χ1n) is 9.95. The van der Waals surface area contributed by atoms with Crippen molar-refractivity contribution >= 4 is 23.2 Å². The van der Waals surface area contributed by atoms with Gasteiger partial charge < -0.3 is 29.6 Å². The third-order valence-electron chi connectivity index (χ3n) is 4.64. The van der Waals surface area contributed by atoms with E-state index in [2.05, 4.69) is 10.6 Å². The molecule has 0 aromatic heterocycles. The fraction of sp³-hybridized carbons (Fsp3) is 0.364. The lowest BCUT2D eigenvalue weighted by atomic mass is 10.2. The van der Waals surface area contributed by atoms with Crippen LogP contribution in [0.1, 0.15) is 6.92 Å². The number of nitrogens with zero attached hydrogens (tertiary/aromatic N) is 1. The predicted octanol–water partition coefficient (Wildman–Crippen LogP) is 2.37. The van der Waals surface area contributed by atoms with Crippen molar-refractivity contribution in [2.24, 2.45) is 0 Å². The van der Waals surface area contributed by atoms with Gasteiger partial charge in [0.25, 0.3) is 0 Å². The minimum absolute atomic E-state index is 0.0601. The van der Waals surface area contributed by atoms with E-state index in [1.807, 2.05) is 6.92 Å². The van der Waals surface area contributed by atoms with Crippen LogP contribution >= 0.6 is 0 Å². The van der Waals surface area contributed by atoms with E-state index in [1.165, 1.54) is 0 Å². The molecule has 0 radical (unpaired) electrons. The zero-order valence-electron chi connectivity index (χ0n) is 17.9. The van der Waals surface area contributed by atoms with E-state index in [1.54, 1.807) is 55.5 Å². The number of hydrogen-bond donors (Lipinski definition) is 2. The maximum Gasteiger partial charge on any atom is 0.238 e. The topological polar surface area (TPSA) is 98.4 Å². The Hall–Kier alpha value is -3.46. The first-order valence-corrected chi connectivity index (χ1v) is 9.95. The molecule has 3 rings (SSSR count). The fourth-order valence-electron chi connectivity index (χ4n) is 3.09. The smallest absolute Gasteiger partial charge is 0.238 e. The lowest BCUT2D eigenvalue weighted by Crippen LogP contribution is -2.38. The number of carbonyl (C=O) groups excluding carboxylic acids is 2. The van der Waals surface area contributed by atoms with Crippen molar-refractivity contribution in [2.45, 2.75) is 6.92 Å². The van der Waals surface area contributed by atoms with Crippen LogP contribution in [0.3, 0.4) is 0 Å². The number of benzene rings is 2. The zero-order valence-corrected chi connectivity index (χ0v) is 17.9. The fourth-order valence-corrected chi connectivity index (χ4v) is 3.09. The molecule has 9 nitrogen and oxygen atoms in total. The number of likely N-dealkylation sites (N-methyl/N-ethyl adjacent to an activating group) is 1. The molecular weight excluding hydrogens is 402 g/mol. The third-order valence-corrected chi connectivity index (χ3v) is 4.64. The number of carbonyl (C=O) groups is 2. The van der Waals surface area contributed by atoms with Crippen LogP contribution in [0.25, 0.3) is 0 Å². The van der Waals surface area contributed by atoms with Crippen molar-refractivity contribution < 1.29 is 28.5 Å². The Labute approximate surface area is 181 Å². The molecule has 0 bridgehead atoms. The van der Waals surface area contributed by atoms with Crippen molar-refractivity contribution in [3.05, 3.63) is 36.4 Å². The van der Waals surface area contributed by atoms with Crippen LogP contribution in [0.4, 0.5) is 11.4 Å². The molecule has 166 valence electrons. The molecule has 0 atom stereocenters. The summed E-state index contributed by atoms with van der Waals surface area (Å²) in [6.07, 6.45) is 0. The van der Waals surface area contributed by atoms with Crippen LogP contribution in [0.15, 0.2) is 36.4 Å². The molecule has 1 heterocycles. The number of hydrogen-bond acceptors (Lipinski definition) is 7. The molecule has 31 heavy (non-hydrogen) atoms. The lowest BCUT2D eigenvalue weighted by Gasteiger charge is -2.21. The maximum atomic E-state index is 12.5. The Kier molecular flexibility index (Phi) is 7.55. The van der Waals surface area contributed by atoms with Gasteiger partial charge in [-0.25, -0.2) is 0 Å². The average molecular weight is 429 g/mol. The van der Waals surface area contributed by atoms with E-state index in [4.69, 9.17) is 18.9 Å². The summed E-state index contributed by atoms with van der Waals surface area (Å²) >= 11 is 0. The number of methoxy groups -OCH3 is 2. The van der Waals surface area contributed by atoms with Crippen LogP contribution < -0.4 is 29.6 Å². The molecule has 2 aromatic carbocycles. The van der Waals surface area contributed by atoms with E-state index in [0.717, 1.165) is 0 Å². The average Bonchev–Trinajstić information content (AvgIpc) is 2.78. The molecule has 0 aliphatic carbocycles. The molecule has 1 aliphatic heterocycles. The summed E-state index contributed by atoms with van der Waals surface area (Å²) in [7, 11) is 3.08. The van der Waals surface area contributed by atoms with Gasteiger partial charge in [-0.2, -0.15) is 0 Å². The summed E-state index contributed by atoms with van der Waals surface area (Å²) in [4.78, 5) is 26.7. The van der Waals surface area contributed by atoms with Crippen molar-refractivity contribution in [1.29, 1.82) is 0 Å². The highest BCUT2D eigenvalue weighted by atomic mass is 16.6. The van der Waals surface area contributed by atoms with E-state index < -0.39 is 0 Å². The van der Waals surface area contributed by atoms with Gasteiger partial charge in [-0.05, 0) is 18.7 Å². The van der Waals surface area contributed by atoms with Crippen LogP contribution in [0, 0.1) is 0 Å². The summed E-state index contributed by atoms with van der Waals surface area (Å²) in [5.74, 6) is 1.93. The van der Waals surface area contributed by atoms with Crippen molar-refractivity contribution in [1.82, 2.24) is 4.90 Å². The van der Waals surface area contributed by atoms with E-state index in [0.29, 0.717) is 54.1 Å². The number of nitrogens with one attached hydrogen (secondary N) is 2. The second kappa shape index (κ2) is 10.5. The summed E-state index contributed by atoms with van der Waals surface area (Å²) in [5.41, 5.74) is 1.16. The van der Waals surface area contributed by atoms with Crippen LogP contribution in [0.5, 0.6) is 23.0 Å². The molecule has 0 saturated carbocycles. The predicted molar refractivity (Wildman–Crippen MR) is 116 cm³/mol. The third kappa shape index (κ3) is 6.26. The van der Waals surface area contributed by atoms with Gasteiger partial charge in [-0.1, -0.05) is 6.92 Å². The molecule has 0 spiro atoms. The van der Waals surface area contributed by atoms with Gasteiger partial charge in [0, 0.05) is 35.6 Å². The Morgan fingerprint density at radius 2 is 1.45 bits per heavy atom. The van der Waals surface area contributed by atoms with Crippen molar-refractivity contribution in [3.8, 4) is 23.0 Å². The van der Waals surface area contributed by atoms with Crippen LogP contribution in [-0.2, 0) is 9.59 Å². The number of ether oxygens (including phenoxy) is 4. The normalized spacial score (nSPS) is 12.3. The van der Waals surface area contributed by atoms with Gasteiger partial charge in [0.1, 0.15) is 24.7 Å². The van der Waals surface area contributed by atoms with E-state index in [-0.39, 0.29) is 24.9 Å². The minimum Gasteiger partial charge on any atom is -0.497 e. The Morgan fingerprint density at radius 3 is 2.03 bits per heavy atom. The highest BCUT2D eigenvalue weighted by Crippen LogP contribution is 2.32. The molecule has 0 unspecified atom stereocenters. The highest BCUT2D eigenvalue weighted by molar-refractivity contribution is 5.95. The Morgan fingerprint density at radius 1 is 0.871 bits per heavy atom. The highest BCUT2D eigenvalue weighted by Gasteiger charge is 2.16. The Bertz CT molecular complexity index is 911. The number of fused-ring (bicyclic) bond motifs is 1. The largest absolute Gasteiger partial charge is 0.497 e. The monoisotopic (exact) mass is 429 g/mol. The molecule has 2 aromatic rings. The minimum atomic E-state index is -0.246. The number of amides is 2. The summed E-state index contributed by atoms with van der Waals surface area (Å²) < 4.78 is 21.4. The molecule has 2 amide bonds. The van der Waals surface area contributed by atoms with E-state index >= 15 is 0 Å². The number of rotatable bonds is 9. The summed E-state index contributed by atoms with van der Waals surface area (Å²) in [5, 5.41) is 5.64. The van der Waals surface area contributed by atoms with E-state index in [9.17, 15) is 9.59 Å². The lowest BCUT2D eigenvalue weighted by molar-refractivity contribution is -0.119. The first kappa shape index (κ1) is 22.2. The van der Waals surface area contributed by atoms with Gasteiger partial charge in [-0.3, -0.25) is 14.5 Å². The maximum absolute atomic E-state index is 12.5. The van der Waals surface area contributed by atoms with Gasteiger partial charge in [0.05, 0.1) is 27.3 Å². The van der Waals surface area contributed by atoms with Crippen molar-refractivity contribution in [2.75, 3.05) is 57.7 Å². The van der Waals surface area contributed by atoms with Crippen LogP contribution in [-0.4, -0.2) is 63.8 Å². The Balaban J connectivity index is 1.54. The molecule has 2 N–H and O–H groups in total. The molecule has 1 aliphatic rings. The molecule has 9 heteroatoms. The van der Waals surface area contributed by atoms with Gasteiger partial charge in [0.15, 0.2) is 11.5 Å². The zero-order chi connectivity index (χ0) is 22.2. The SMILES string of the molecule is CCN(CC(=O)Nc1cc(OC)cc(OC)c1)CC(=O)Nc1ccc2c(c1)OCCO2. The second-order valence-corrected chi connectivity index (χ2v) is 6.86. The van der Waals surface area contributed by atoms with Gasteiger partial charge in [0.2, 0.25) is 11.8 Å². The quantitative estimate of drug-likeness (QED) is 0.631. The molecular formula is C22H27N3O6. The first-order chi connectivity index (χ1) is 15.0. The summed E-state index contributed by atoms with van der Waals surface area (Å²) in [6.45, 7) is 3.53. The molecule has 0 fully saturated rings.